The van der Waals surface area contributed by atoms with E-state index in [0.29, 0.717) is 18.2 Å². The van der Waals surface area contributed by atoms with Crippen molar-refractivity contribution in [2.75, 3.05) is 14.2 Å². The smallest absolute Gasteiger partial charge is 0.223 e. The Morgan fingerprint density at radius 2 is 2.05 bits per heavy atom. The summed E-state index contributed by atoms with van der Waals surface area (Å²) in [4.78, 5) is 4.30. The van der Waals surface area contributed by atoms with E-state index in [4.69, 9.17) is 9.47 Å². The number of pyridine rings is 1. The van der Waals surface area contributed by atoms with Crippen LogP contribution in [0.4, 0.5) is 0 Å². The van der Waals surface area contributed by atoms with Gasteiger partial charge in [-0.25, -0.2) is 4.98 Å². The number of rotatable bonds is 5. The first-order valence-electron chi connectivity index (χ1n) is 5.84. The zero-order chi connectivity index (χ0) is 13.7. The zero-order valence-corrected chi connectivity index (χ0v) is 12.4. The van der Waals surface area contributed by atoms with Crippen LogP contribution < -0.4 is 14.8 Å². The van der Waals surface area contributed by atoms with Crippen LogP contribution in [0.15, 0.2) is 41.0 Å². The van der Waals surface area contributed by atoms with E-state index in [0.717, 1.165) is 15.8 Å². The molecule has 0 saturated carbocycles. The van der Waals surface area contributed by atoms with Crippen LogP contribution in [-0.4, -0.2) is 19.1 Å². The van der Waals surface area contributed by atoms with E-state index in [1.165, 1.54) is 0 Å². The van der Waals surface area contributed by atoms with E-state index in [1.54, 1.807) is 13.3 Å². The molecule has 0 radical (unpaired) electrons. The lowest BCUT2D eigenvalue weighted by Crippen LogP contribution is -2.07. The van der Waals surface area contributed by atoms with Crippen molar-refractivity contribution in [1.29, 1.82) is 0 Å². The highest BCUT2D eigenvalue weighted by atomic mass is 79.9. The third-order valence-corrected chi connectivity index (χ3v) is 2.95. The quantitative estimate of drug-likeness (QED) is 0.916. The van der Waals surface area contributed by atoms with Crippen molar-refractivity contribution in [2.24, 2.45) is 0 Å². The summed E-state index contributed by atoms with van der Waals surface area (Å²) in [5.41, 5.74) is 0.986. The lowest BCUT2D eigenvalue weighted by atomic mass is 10.2. The van der Waals surface area contributed by atoms with Crippen molar-refractivity contribution in [3.8, 4) is 17.4 Å². The molecule has 2 rings (SSSR count). The van der Waals surface area contributed by atoms with Crippen LogP contribution in [0.3, 0.4) is 0 Å². The summed E-state index contributed by atoms with van der Waals surface area (Å²) in [5, 5.41) is 3.09. The van der Waals surface area contributed by atoms with Gasteiger partial charge in [-0.15, -0.1) is 0 Å². The Hall–Kier alpha value is -1.59. The maximum Gasteiger partial charge on any atom is 0.223 e. The molecule has 1 aromatic heterocycles. The zero-order valence-electron chi connectivity index (χ0n) is 10.8. The number of benzene rings is 1. The molecular weight excluding hydrogens is 308 g/mol. The molecule has 0 aliphatic rings. The minimum absolute atomic E-state index is 0.589. The van der Waals surface area contributed by atoms with Crippen molar-refractivity contribution in [3.05, 3.63) is 46.6 Å². The maximum atomic E-state index is 5.81. The van der Waals surface area contributed by atoms with Gasteiger partial charge in [0, 0.05) is 28.8 Å². The van der Waals surface area contributed by atoms with E-state index in [1.807, 2.05) is 37.4 Å². The average Bonchev–Trinajstić information content (AvgIpc) is 2.42. The molecule has 0 aliphatic carbocycles. The van der Waals surface area contributed by atoms with Crippen molar-refractivity contribution >= 4 is 15.9 Å². The Balaban J connectivity index is 2.26. The molecule has 0 amide bonds. The van der Waals surface area contributed by atoms with Gasteiger partial charge >= 0.3 is 0 Å². The summed E-state index contributed by atoms with van der Waals surface area (Å²) in [6.45, 7) is 0.686. The molecule has 19 heavy (non-hydrogen) atoms. The van der Waals surface area contributed by atoms with E-state index < -0.39 is 0 Å². The Kier molecular flexibility index (Phi) is 4.76. The summed E-state index contributed by atoms with van der Waals surface area (Å²) in [6.07, 6.45) is 1.72. The fourth-order valence-electron chi connectivity index (χ4n) is 1.65. The van der Waals surface area contributed by atoms with Gasteiger partial charge in [-0.3, -0.25) is 0 Å². The first-order chi connectivity index (χ1) is 9.22. The van der Waals surface area contributed by atoms with Gasteiger partial charge in [-0.1, -0.05) is 6.07 Å². The Labute approximate surface area is 120 Å². The van der Waals surface area contributed by atoms with E-state index in [9.17, 15) is 0 Å². The highest BCUT2D eigenvalue weighted by molar-refractivity contribution is 9.10. The highest BCUT2D eigenvalue weighted by Crippen LogP contribution is 2.27. The summed E-state index contributed by atoms with van der Waals surface area (Å²) >= 11 is 3.41. The van der Waals surface area contributed by atoms with Crippen molar-refractivity contribution < 1.29 is 9.47 Å². The summed E-state index contributed by atoms with van der Waals surface area (Å²) in [5.74, 6) is 2.04. The predicted molar refractivity (Wildman–Crippen MR) is 77.8 cm³/mol. The molecule has 100 valence electrons. The molecule has 0 fully saturated rings. The molecule has 4 nitrogen and oxygen atoms in total. The Morgan fingerprint density at radius 1 is 1.26 bits per heavy atom. The molecule has 1 N–H and O–H groups in total. The van der Waals surface area contributed by atoms with Gasteiger partial charge in [-0.05, 0) is 41.2 Å². The lowest BCUT2D eigenvalue weighted by Gasteiger charge is -2.11. The van der Waals surface area contributed by atoms with Gasteiger partial charge in [0.15, 0.2) is 0 Å². The largest absolute Gasteiger partial charge is 0.497 e. The molecule has 0 unspecified atom stereocenters. The van der Waals surface area contributed by atoms with Gasteiger partial charge in [0.05, 0.1) is 7.11 Å². The topological polar surface area (TPSA) is 43.4 Å². The monoisotopic (exact) mass is 322 g/mol. The van der Waals surface area contributed by atoms with Crippen molar-refractivity contribution in [1.82, 2.24) is 10.3 Å². The summed E-state index contributed by atoms with van der Waals surface area (Å²) < 4.78 is 11.9. The SMILES string of the molecule is CNCc1cc(Br)cnc1Oc1cccc(OC)c1. The number of halogens is 1. The number of nitrogens with zero attached hydrogens (tertiary/aromatic N) is 1. The van der Waals surface area contributed by atoms with Crippen LogP contribution in [-0.2, 0) is 6.54 Å². The first kappa shape index (κ1) is 13.8. The summed E-state index contributed by atoms with van der Waals surface area (Å²) in [7, 11) is 3.51. The minimum Gasteiger partial charge on any atom is -0.497 e. The van der Waals surface area contributed by atoms with Gasteiger partial charge < -0.3 is 14.8 Å². The molecule has 0 saturated heterocycles. The minimum atomic E-state index is 0.589. The second kappa shape index (κ2) is 6.54. The van der Waals surface area contributed by atoms with Crippen LogP contribution >= 0.6 is 15.9 Å². The van der Waals surface area contributed by atoms with Crippen LogP contribution in [0.1, 0.15) is 5.56 Å². The molecule has 1 heterocycles. The van der Waals surface area contributed by atoms with E-state index >= 15 is 0 Å². The van der Waals surface area contributed by atoms with Crippen LogP contribution in [0.25, 0.3) is 0 Å². The van der Waals surface area contributed by atoms with Crippen LogP contribution in [0.2, 0.25) is 0 Å². The number of nitrogens with one attached hydrogen (secondary N) is 1. The highest BCUT2D eigenvalue weighted by Gasteiger charge is 2.07. The van der Waals surface area contributed by atoms with Crippen LogP contribution in [0, 0.1) is 0 Å². The number of hydrogen-bond donors (Lipinski definition) is 1. The van der Waals surface area contributed by atoms with Gasteiger partial charge in [0.25, 0.3) is 0 Å². The third-order valence-electron chi connectivity index (χ3n) is 2.51. The molecular formula is C14H15BrN2O2. The maximum absolute atomic E-state index is 5.81. The van der Waals surface area contributed by atoms with Crippen LogP contribution in [0.5, 0.6) is 17.4 Å². The molecule has 1 aromatic carbocycles. The van der Waals surface area contributed by atoms with Gasteiger partial charge in [-0.2, -0.15) is 0 Å². The average molecular weight is 323 g/mol. The van der Waals surface area contributed by atoms with Crippen molar-refractivity contribution in [2.45, 2.75) is 6.54 Å². The van der Waals surface area contributed by atoms with Gasteiger partial charge in [0.2, 0.25) is 5.88 Å². The fourth-order valence-corrected chi connectivity index (χ4v) is 2.03. The van der Waals surface area contributed by atoms with E-state index in [2.05, 4.69) is 26.2 Å². The normalized spacial score (nSPS) is 10.3. The third kappa shape index (κ3) is 3.68. The molecule has 0 bridgehead atoms. The molecule has 0 aliphatic heterocycles. The predicted octanol–water partition coefficient (Wildman–Crippen LogP) is 3.36. The fraction of sp³-hybridized carbons (Fsp3) is 0.214. The second-order valence-corrected chi connectivity index (χ2v) is 4.84. The van der Waals surface area contributed by atoms with E-state index in [-0.39, 0.29) is 0 Å². The molecule has 0 atom stereocenters. The Morgan fingerprint density at radius 3 is 2.79 bits per heavy atom. The second-order valence-electron chi connectivity index (χ2n) is 3.93. The molecule has 0 spiro atoms. The lowest BCUT2D eigenvalue weighted by molar-refractivity contribution is 0.406. The number of aromatic nitrogens is 1. The number of methoxy groups -OCH3 is 1. The number of hydrogen-bond acceptors (Lipinski definition) is 4. The molecule has 2 aromatic rings. The molecule has 5 heteroatoms. The standard InChI is InChI=1S/C14H15BrN2O2/c1-16-8-10-6-11(15)9-17-14(10)19-13-5-3-4-12(7-13)18-2/h3-7,9,16H,8H2,1-2H3. The summed E-state index contributed by atoms with van der Waals surface area (Å²) in [6, 6.07) is 9.43. The first-order valence-corrected chi connectivity index (χ1v) is 6.63. The van der Waals surface area contributed by atoms with Gasteiger partial charge in [0.1, 0.15) is 11.5 Å². The van der Waals surface area contributed by atoms with Crippen molar-refractivity contribution in [3.63, 3.8) is 0 Å². The Bertz CT molecular complexity index is 561. The number of ether oxygens (including phenoxy) is 2.